The van der Waals surface area contributed by atoms with E-state index in [1.54, 1.807) is 0 Å². The van der Waals surface area contributed by atoms with Crippen LogP contribution in [0.4, 0.5) is 5.69 Å². The minimum Gasteiger partial charge on any atom is -0.471 e. The molecule has 62 valence electrons. The van der Waals surface area contributed by atoms with Gasteiger partial charge >= 0.3 is 0 Å². The Bertz CT molecular complexity index is 205. The highest BCUT2D eigenvalue weighted by atomic mass is 16.5. The summed E-state index contributed by atoms with van der Waals surface area (Å²) in [5.74, 6) is 0.956. The van der Waals surface area contributed by atoms with E-state index >= 15 is 0 Å². The third-order valence-electron chi connectivity index (χ3n) is 1.38. The maximum Gasteiger partial charge on any atom is 0.159 e. The molecule has 1 heterocycles. The van der Waals surface area contributed by atoms with Crippen LogP contribution in [-0.2, 0) is 0 Å². The highest BCUT2D eigenvalue weighted by molar-refractivity contribution is 5.58. The molecule has 0 saturated carbocycles. The molecule has 1 aliphatic rings. The molecule has 0 unspecified atom stereocenters. The van der Waals surface area contributed by atoms with Crippen LogP contribution < -0.4 is 10.1 Å². The van der Waals surface area contributed by atoms with Crippen molar-refractivity contribution in [2.75, 3.05) is 12.0 Å². The fourth-order valence-electron chi connectivity index (χ4n) is 0.930. The van der Waals surface area contributed by atoms with E-state index in [9.17, 15) is 0 Å². The van der Waals surface area contributed by atoms with Gasteiger partial charge in [0.05, 0.1) is 5.69 Å². The minimum atomic E-state index is 0. The molecule has 1 aliphatic heterocycles. The van der Waals surface area contributed by atoms with E-state index in [4.69, 9.17) is 4.74 Å². The smallest absolute Gasteiger partial charge is 0.159 e. The number of fused-ring (bicyclic) bond motifs is 1. The number of benzene rings is 1. The number of ether oxygens (including phenoxy) is 1. The Morgan fingerprint density at radius 1 is 1.36 bits per heavy atom. The van der Waals surface area contributed by atoms with Gasteiger partial charge in [0.25, 0.3) is 0 Å². The Hall–Kier alpha value is -1.18. The summed E-state index contributed by atoms with van der Waals surface area (Å²) < 4.78 is 5.19. The fourth-order valence-corrected chi connectivity index (χ4v) is 0.930. The third kappa shape index (κ3) is 1.64. The molecular formula is C9H15NO. The van der Waals surface area contributed by atoms with Crippen molar-refractivity contribution >= 4 is 5.69 Å². The van der Waals surface area contributed by atoms with Crippen LogP contribution in [0.3, 0.4) is 0 Å². The van der Waals surface area contributed by atoms with Crippen LogP contribution in [0.5, 0.6) is 5.75 Å². The van der Waals surface area contributed by atoms with Gasteiger partial charge in [0.1, 0.15) is 5.75 Å². The zero-order valence-electron chi connectivity index (χ0n) is 6.92. The molecule has 2 rings (SSSR count). The van der Waals surface area contributed by atoms with Crippen molar-refractivity contribution in [3.05, 3.63) is 24.3 Å². The van der Waals surface area contributed by atoms with Gasteiger partial charge in [-0.3, -0.25) is 0 Å². The van der Waals surface area contributed by atoms with E-state index in [1.807, 2.05) is 38.1 Å². The molecule has 0 bridgehead atoms. The highest BCUT2D eigenvalue weighted by Crippen LogP contribution is 2.27. The lowest BCUT2D eigenvalue weighted by atomic mass is 10.3. The molecule has 0 aromatic heterocycles. The molecular weight excluding hydrogens is 138 g/mol. The van der Waals surface area contributed by atoms with Crippen molar-refractivity contribution in [2.24, 2.45) is 0 Å². The van der Waals surface area contributed by atoms with Crippen molar-refractivity contribution < 1.29 is 6.16 Å². The predicted octanol–water partition coefficient (Wildman–Crippen LogP) is 2.72. The van der Waals surface area contributed by atoms with Crippen molar-refractivity contribution in [3.63, 3.8) is 0 Å². The Labute approximate surface area is 68.7 Å². The second-order valence-electron chi connectivity index (χ2n) is 1.96. The maximum atomic E-state index is 5.19. The number of hydrogen-bond donors (Lipinski definition) is 1. The summed E-state index contributed by atoms with van der Waals surface area (Å²) in [6.45, 7) is 4.61. The van der Waals surface area contributed by atoms with Gasteiger partial charge in [0, 0.05) is 1.43 Å². The zero-order valence-corrected chi connectivity index (χ0v) is 6.92. The molecule has 1 aromatic rings. The van der Waals surface area contributed by atoms with Crippen molar-refractivity contribution in [1.29, 1.82) is 0 Å². The van der Waals surface area contributed by atoms with E-state index in [-0.39, 0.29) is 1.43 Å². The summed E-state index contributed by atoms with van der Waals surface area (Å²) in [5.41, 5.74) is 1.09. The Morgan fingerprint density at radius 2 is 2.09 bits per heavy atom. The van der Waals surface area contributed by atoms with Gasteiger partial charge in [0.15, 0.2) is 6.73 Å². The summed E-state index contributed by atoms with van der Waals surface area (Å²) >= 11 is 0. The molecule has 0 radical (unpaired) electrons. The van der Waals surface area contributed by atoms with Crippen LogP contribution >= 0.6 is 0 Å². The molecule has 0 aliphatic carbocycles. The molecule has 1 N–H and O–H groups in total. The Kier molecular flexibility index (Phi) is 2.78. The molecule has 0 atom stereocenters. The Morgan fingerprint density at radius 3 is 2.82 bits per heavy atom. The van der Waals surface area contributed by atoms with Crippen LogP contribution in [0.15, 0.2) is 24.3 Å². The fraction of sp³-hybridized carbons (Fsp3) is 0.333. The first kappa shape index (κ1) is 7.92. The van der Waals surface area contributed by atoms with E-state index in [1.165, 1.54) is 0 Å². The maximum absolute atomic E-state index is 5.19. The number of para-hydroxylation sites is 2. The van der Waals surface area contributed by atoms with Crippen LogP contribution in [0.2, 0.25) is 0 Å². The summed E-state index contributed by atoms with van der Waals surface area (Å²) in [4.78, 5) is 0. The first-order valence-electron chi connectivity index (χ1n) is 3.92. The monoisotopic (exact) mass is 153 g/mol. The molecule has 0 saturated heterocycles. The lowest BCUT2D eigenvalue weighted by Crippen LogP contribution is -1.96. The SMILES string of the molecule is CC.[HH].c1ccc2c(c1)NCO2. The van der Waals surface area contributed by atoms with Crippen LogP contribution in [0.1, 0.15) is 15.3 Å². The topological polar surface area (TPSA) is 21.3 Å². The largest absolute Gasteiger partial charge is 0.471 e. The van der Waals surface area contributed by atoms with E-state index in [2.05, 4.69) is 5.32 Å². The Balaban J connectivity index is 0.000000378. The first-order valence-corrected chi connectivity index (χ1v) is 3.92. The van der Waals surface area contributed by atoms with Crippen molar-refractivity contribution in [2.45, 2.75) is 13.8 Å². The number of hydrogen-bond acceptors (Lipinski definition) is 2. The molecule has 0 spiro atoms. The lowest BCUT2D eigenvalue weighted by molar-refractivity contribution is 0.372. The number of rotatable bonds is 0. The number of nitrogens with one attached hydrogen (secondary N) is 1. The van der Waals surface area contributed by atoms with Gasteiger partial charge in [-0.2, -0.15) is 0 Å². The summed E-state index contributed by atoms with van der Waals surface area (Å²) in [6.07, 6.45) is 0. The van der Waals surface area contributed by atoms with Gasteiger partial charge in [-0.15, -0.1) is 0 Å². The second-order valence-corrected chi connectivity index (χ2v) is 1.96. The quantitative estimate of drug-likeness (QED) is 0.618. The van der Waals surface area contributed by atoms with E-state index < -0.39 is 0 Å². The average Bonchev–Trinajstić information content (AvgIpc) is 2.55. The predicted molar refractivity (Wildman–Crippen MR) is 49.0 cm³/mol. The van der Waals surface area contributed by atoms with Gasteiger partial charge in [0.2, 0.25) is 0 Å². The minimum absolute atomic E-state index is 0. The van der Waals surface area contributed by atoms with Gasteiger partial charge in [-0.1, -0.05) is 26.0 Å². The second kappa shape index (κ2) is 3.86. The molecule has 2 heteroatoms. The summed E-state index contributed by atoms with van der Waals surface area (Å²) in [6, 6.07) is 7.91. The van der Waals surface area contributed by atoms with E-state index in [0.717, 1.165) is 11.4 Å². The standard InChI is InChI=1S/C7H7NO.C2H6.H2/c1-2-4-7-6(3-1)8-5-9-7;1-2;/h1-4,8H,5H2;1-2H3;1H. The summed E-state index contributed by atoms with van der Waals surface area (Å²) in [7, 11) is 0. The molecule has 2 nitrogen and oxygen atoms in total. The zero-order chi connectivity index (χ0) is 8.10. The lowest BCUT2D eigenvalue weighted by Gasteiger charge is -1.91. The average molecular weight is 153 g/mol. The van der Waals surface area contributed by atoms with Crippen molar-refractivity contribution in [1.82, 2.24) is 0 Å². The first-order chi connectivity index (χ1) is 5.47. The summed E-state index contributed by atoms with van der Waals surface area (Å²) in [5, 5.41) is 3.08. The van der Waals surface area contributed by atoms with Crippen molar-refractivity contribution in [3.8, 4) is 5.75 Å². The highest BCUT2D eigenvalue weighted by Gasteiger charge is 2.06. The molecule has 0 amide bonds. The van der Waals surface area contributed by atoms with E-state index in [0.29, 0.717) is 6.73 Å². The molecule has 0 fully saturated rings. The molecule has 11 heavy (non-hydrogen) atoms. The number of anilines is 1. The third-order valence-corrected chi connectivity index (χ3v) is 1.38. The van der Waals surface area contributed by atoms with Gasteiger partial charge in [-0.05, 0) is 12.1 Å². The van der Waals surface area contributed by atoms with Crippen LogP contribution in [-0.4, -0.2) is 6.73 Å². The van der Waals surface area contributed by atoms with Crippen LogP contribution in [0.25, 0.3) is 0 Å². The van der Waals surface area contributed by atoms with Gasteiger partial charge in [-0.25, -0.2) is 0 Å². The molecule has 1 aromatic carbocycles. The van der Waals surface area contributed by atoms with Gasteiger partial charge < -0.3 is 10.1 Å². The van der Waals surface area contributed by atoms with Crippen LogP contribution in [0, 0.1) is 0 Å². The normalized spacial score (nSPS) is 11.8.